The number of halogens is 2. The molecule has 0 bridgehead atoms. The van der Waals surface area contributed by atoms with Crippen molar-refractivity contribution in [2.75, 3.05) is 0 Å². The molecule has 0 aliphatic rings. The second-order valence-electron chi connectivity index (χ2n) is 5.09. The van der Waals surface area contributed by atoms with Crippen molar-refractivity contribution in [3.8, 4) is 0 Å². The Balaban J connectivity index is 1.92. The number of hydrogen-bond acceptors (Lipinski definition) is 4. The van der Waals surface area contributed by atoms with Gasteiger partial charge in [0.05, 0.1) is 19.6 Å². The maximum atomic E-state index is 6.38. The molecule has 0 spiro atoms. The summed E-state index contributed by atoms with van der Waals surface area (Å²) in [6, 6.07) is 15.4. The quantitative estimate of drug-likeness (QED) is 0.768. The van der Waals surface area contributed by atoms with E-state index < -0.39 is 0 Å². The number of tetrazole rings is 1. The predicted octanol–water partition coefficient (Wildman–Crippen LogP) is 3.40. The van der Waals surface area contributed by atoms with Crippen molar-refractivity contribution >= 4 is 23.2 Å². The monoisotopic (exact) mass is 347 g/mol. The van der Waals surface area contributed by atoms with Crippen molar-refractivity contribution in [1.29, 1.82) is 0 Å². The average molecular weight is 348 g/mol. The van der Waals surface area contributed by atoms with Crippen molar-refractivity contribution in [3.05, 3.63) is 75.5 Å². The van der Waals surface area contributed by atoms with Crippen LogP contribution in [0.2, 0.25) is 10.0 Å². The molecule has 0 saturated heterocycles. The highest BCUT2D eigenvalue weighted by Crippen LogP contribution is 2.30. The minimum Gasteiger partial charge on any atom is -0.299 e. The van der Waals surface area contributed by atoms with E-state index in [2.05, 4.69) is 20.7 Å². The highest BCUT2D eigenvalue weighted by Gasteiger charge is 2.18. The number of aromatic nitrogens is 4. The molecule has 0 aliphatic heterocycles. The van der Waals surface area contributed by atoms with Gasteiger partial charge in [0.15, 0.2) is 5.82 Å². The molecule has 0 fully saturated rings. The minimum atomic E-state index is -0.119. The number of benzene rings is 2. The molecule has 0 unspecified atom stereocenters. The van der Waals surface area contributed by atoms with Crippen molar-refractivity contribution < 1.29 is 0 Å². The van der Waals surface area contributed by atoms with E-state index in [4.69, 9.17) is 23.2 Å². The Bertz CT molecular complexity index is 788. The summed E-state index contributed by atoms with van der Waals surface area (Å²) in [7, 11) is 1.74. The van der Waals surface area contributed by atoms with Gasteiger partial charge in [-0.2, -0.15) is 4.80 Å². The van der Waals surface area contributed by atoms with Gasteiger partial charge in [-0.25, -0.2) is 0 Å². The maximum absolute atomic E-state index is 6.38. The molecule has 3 aromatic rings. The lowest BCUT2D eigenvalue weighted by atomic mass is 9.98. The van der Waals surface area contributed by atoms with Crippen molar-refractivity contribution in [1.82, 2.24) is 25.5 Å². The van der Waals surface area contributed by atoms with Crippen LogP contribution in [-0.2, 0) is 13.6 Å². The van der Waals surface area contributed by atoms with Gasteiger partial charge in [0.2, 0.25) is 0 Å². The van der Waals surface area contributed by atoms with Crippen LogP contribution in [0, 0.1) is 0 Å². The summed E-state index contributed by atoms with van der Waals surface area (Å²) in [5, 5.41) is 16.7. The van der Waals surface area contributed by atoms with Gasteiger partial charge in [-0.05, 0) is 34.5 Å². The number of nitrogens with zero attached hydrogens (tertiary/aromatic N) is 4. The molecule has 118 valence electrons. The third-order valence-corrected chi connectivity index (χ3v) is 4.00. The van der Waals surface area contributed by atoms with Crippen molar-refractivity contribution in [3.63, 3.8) is 0 Å². The van der Waals surface area contributed by atoms with Crippen molar-refractivity contribution in [2.24, 2.45) is 7.05 Å². The number of rotatable bonds is 5. The Kier molecular flexibility index (Phi) is 4.91. The van der Waals surface area contributed by atoms with Crippen LogP contribution in [0.3, 0.4) is 0 Å². The molecule has 23 heavy (non-hydrogen) atoms. The van der Waals surface area contributed by atoms with Crippen LogP contribution in [0.15, 0.2) is 48.5 Å². The van der Waals surface area contributed by atoms with E-state index in [1.165, 1.54) is 4.80 Å². The fourth-order valence-electron chi connectivity index (χ4n) is 2.38. The van der Waals surface area contributed by atoms with E-state index in [1.54, 1.807) is 19.2 Å². The summed E-state index contributed by atoms with van der Waals surface area (Å²) in [6.07, 6.45) is 0. The summed E-state index contributed by atoms with van der Waals surface area (Å²) >= 11 is 12.5. The molecule has 1 atom stereocenters. The highest BCUT2D eigenvalue weighted by atomic mass is 35.5. The first-order valence-electron chi connectivity index (χ1n) is 7.09. The Morgan fingerprint density at radius 1 is 1.13 bits per heavy atom. The molecular weight excluding hydrogens is 333 g/mol. The van der Waals surface area contributed by atoms with Crippen molar-refractivity contribution in [2.45, 2.75) is 12.6 Å². The zero-order valence-electron chi connectivity index (χ0n) is 12.4. The van der Waals surface area contributed by atoms with Gasteiger partial charge in [-0.15, -0.1) is 10.2 Å². The van der Waals surface area contributed by atoms with Crippen LogP contribution in [0.5, 0.6) is 0 Å². The molecule has 1 heterocycles. The summed E-state index contributed by atoms with van der Waals surface area (Å²) in [5.41, 5.74) is 2.00. The third kappa shape index (κ3) is 3.88. The van der Waals surface area contributed by atoms with Gasteiger partial charge < -0.3 is 0 Å². The van der Waals surface area contributed by atoms with E-state index in [9.17, 15) is 0 Å². The lowest BCUT2D eigenvalue weighted by molar-refractivity contribution is 0.580. The van der Waals surface area contributed by atoms with E-state index in [0.29, 0.717) is 22.4 Å². The fraction of sp³-hybridized carbons (Fsp3) is 0.188. The number of aryl methyl sites for hydroxylation is 1. The number of hydrogen-bond donors (Lipinski definition) is 1. The number of nitrogens with one attached hydrogen (secondary N) is 1. The zero-order chi connectivity index (χ0) is 16.2. The van der Waals surface area contributed by atoms with Crippen LogP contribution in [0.25, 0.3) is 0 Å². The highest BCUT2D eigenvalue weighted by molar-refractivity contribution is 6.33. The molecule has 0 saturated carbocycles. The van der Waals surface area contributed by atoms with E-state index in [1.807, 2.05) is 36.4 Å². The van der Waals surface area contributed by atoms with Gasteiger partial charge in [0.1, 0.15) is 0 Å². The third-order valence-electron chi connectivity index (χ3n) is 3.42. The van der Waals surface area contributed by atoms with Gasteiger partial charge in [-0.1, -0.05) is 53.5 Å². The first kappa shape index (κ1) is 15.9. The molecule has 1 aromatic heterocycles. The first-order chi connectivity index (χ1) is 11.1. The van der Waals surface area contributed by atoms with E-state index in [0.717, 1.165) is 11.1 Å². The first-order valence-corrected chi connectivity index (χ1v) is 7.85. The molecular formula is C16H15Cl2N5. The summed E-state index contributed by atoms with van der Waals surface area (Å²) in [6.45, 7) is 0.468. The Morgan fingerprint density at radius 3 is 2.61 bits per heavy atom. The molecule has 0 amide bonds. The lowest BCUT2D eigenvalue weighted by Gasteiger charge is -2.20. The second-order valence-corrected chi connectivity index (χ2v) is 5.93. The Hall–Kier alpha value is -1.95. The molecule has 1 N–H and O–H groups in total. The molecule has 5 nitrogen and oxygen atoms in total. The van der Waals surface area contributed by atoms with Crippen LogP contribution >= 0.6 is 23.2 Å². The SMILES string of the molecule is Cn1nnc(CN[C@@H](c2ccccc2)c2cc(Cl)ccc2Cl)n1. The van der Waals surface area contributed by atoms with Crippen LogP contribution < -0.4 is 5.32 Å². The molecule has 0 radical (unpaired) electrons. The van der Waals surface area contributed by atoms with Gasteiger partial charge >= 0.3 is 0 Å². The zero-order valence-corrected chi connectivity index (χ0v) is 14.0. The predicted molar refractivity (Wildman–Crippen MR) is 90.4 cm³/mol. The largest absolute Gasteiger partial charge is 0.299 e. The summed E-state index contributed by atoms with van der Waals surface area (Å²) in [4.78, 5) is 1.43. The second kappa shape index (κ2) is 7.08. The average Bonchev–Trinajstić information content (AvgIpc) is 2.97. The van der Waals surface area contributed by atoms with Crippen LogP contribution in [0.4, 0.5) is 0 Å². The normalized spacial score (nSPS) is 12.3. The summed E-state index contributed by atoms with van der Waals surface area (Å²) in [5.74, 6) is 0.617. The van der Waals surface area contributed by atoms with Crippen LogP contribution in [0.1, 0.15) is 23.0 Å². The molecule has 7 heteroatoms. The maximum Gasteiger partial charge on any atom is 0.188 e. The Morgan fingerprint density at radius 2 is 1.91 bits per heavy atom. The van der Waals surface area contributed by atoms with Crippen LogP contribution in [-0.4, -0.2) is 20.2 Å². The fourth-order valence-corrected chi connectivity index (χ4v) is 2.78. The standard InChI is InChI=1S/C16H15Cl2N5/c1-23-21-15(20-22-23)10-19-16(11-5-3-2-4-6-11)13-9-12(17)7-8-14(13)18/h2-9,16,19H,10H2,1H3/t16-/m0/s1. The van der Waals surface area contributed by atoms with Gasteiger partial charge in [0.25, 0.3) is 0 Å². The van der Waals surface area contributed by atoms with Gasteiger partial charge in [-0.3, -0.25) is 5.32 Å². The van der Waals surface area contributed by atoms with E-state index >= 15 is 0 Å². The topological polar surface area (TPSA) is 55.6 Å². The summed E-state index contributed by atoms with van der Waals surface area (Å²) < 4.78 is 0. The molecule has 0 aliphatic carbocycles. The van der Waals surface area contributed by atoms with E-state index in [-0.39, 0.29) is 6.04 Å². The lowest BCUT2D eigenvalue weighted by Crippen LogP contribution is -2.23. The minimum absolute atomic E-state index is 0.119. The van der Waals surface area contributed by atoms with Gasteiger partial charge in [0, 0.05) is 10.0 Å². The Labute approximate surface area is 144 Å². The molecule has 2 aromatic carbocycles. The smallest absolute Gasteiger partial charge is 0.188 e. The molecule has 3 rings (SSSR count).